The first kappa shape index (κ1) is 9.47. The number of hydrogen-bond acceptors (Lipinski definition) is 2. The van der Waals surface area contributed by atoms with Crippen LogP contribution >= 0.6 is 0 Å². The van der Waals surface area contributed by atoms with E-state index < -0.39 is 0 Å². The summed E-state index contributed by atoms with van der Waals surface area (Å²) in [5.74, 6) is 1.92. The lowest BCUT2D eigenvalue weighted by atomic mass is 9.98. The van der Waals surface area contributed by atoms with Gasteiger partial charge in [-0.1, -0.05) is 6.92 Å². The molecular formula is C11H22N2. The van der Waals surface area contributed by atoms with E-state index in [9.17, 15) is 0 Å². The zero-order chi connectivity index (χ0) is 9.10. The van der Waals surface area contributed by atoms with E-state index in [2.05, 4.69) is 17.1 Å². The molecule has 2 rings (SSSR count). The molecule has 1 unspecified atom stereocenters. The lowest BCUT2D eigenvalue weighted by molar-refractivity contribution is 0.236. The molecule has 1 N–H and O–H groups in total. The first-order valence-electron chi connectivity index (χ1n) is 5.77. The third kappa shape index (κ3) is 2.68. The second-order valence-corrected chi connectivity index (χ2v) is 4.85. The molecule has 2 saturated heterocycles. The van der Waals surface area contributed by atoms with Crippen molar-refractivity contribution in [1.29, 1.82) is 0 Å². The van der Waals surface area contributed by atoms with Crippen molar-refractivity contribution in [3.05, 3.63) is 0 Å². The predicted molar refractivity (Wildman–Crippen MR) is 55.8 cm³/mol. The van der Waals surface area contributed by atoms with E-state index in [0.29, 0.717) is 0 Å². The van der Waals surface area contributed by atoms with Crippen molar-refractivity contribution in [2.75, 3.05) is 32.7 Å². The van der Waals surface area contributed by atoms with Crippen LogP contribution in [0.5, 0.6) is 0 Å². The van der Waals surface area contributed by atoms with E-state index in [0.717, 1.165) is 11.8 Å². The van der Waals surface area contributed by atoms with E-state index in [-0.39, 0.29) is 0 Å². The zero-order valence-electron chi connectivity index (χ0n) is 8.76. The number of nitrogens with zero attached hydrogens (tertiary/aromatic N) is 1. The Balaban J connectivity index is 1.71. The summed E-state index contributed by atoms with van der Waals surface area (Å²) in [6.45, 7) is 8.94. The highest BCUT2D eigenvalue weighted by atomic mass is 15.1. The van der Waals surface area contributed by atoms with Crippen molar-refractivity contribution >= 4 is 0 Å². The van der Waals surface area contributed by atoms with E-state index in [1.165, 1.54) is 52.0 Å². The Morgan fingerprint density at radius 3 is 2.62 bits per heavy atom. The van der Waals surface area contributed by atoms with Gasteiger partial charge in [0.05, 0.1) is 0 Å². The second-order valence-electron chi connectivity index (χ2n) is 4.85. The van der Waals surface area contributed by atoms with Gasteiger partial charge in [-0.25, -0.2) is 0 Å². The number of hydrogen-bond donors (Lipinski definition) is 1. The number of rotatable bonds is 2. The van der Waals surface area contributed by atoms with Gasteiger partial charge in [-0.3, -0.25) is 0 Å². The molecule has 0 amide bonds. The maximum Gasteiger partial charge on any atom is 0.00107 e. The minimum atomic E-state index is 0.946. The van der Waals surface area contributed by atoms with Crippen LogP contribution in [0, 0.1) is 11.8 Å². The highest BCUT2D eigenvalue weighted by Crippen LogP contribution is 2.19. The lowest BCUT2D eigenvalue weighted by Crippen LogP contribution is -2.35. The molecule has 2 nitrogen and oxygen atoms in total. The smallest absolute Gasteiger partial charge is 0.00107 e. The fourth-order valence-corrected chi connectivity index (χ4v) is 2.62. The van der Waals surface area contributed by atoms with Crippen LogP contribution in [0.1, 0.15) is 26.2 Å². The van der Waals surface area contributed by atoms with Crippen molar-refractivity contribution in [2.24, 2.45) is 11.8 Å². The summed E-state index contributed by atoms with van der Waals surface area (Å²) in [5, 5.41) is 3.43. The van der Waals surface area contributed by atoms with Gasteiger partial charge in [0.1, 0.15) is 0 Å². The molecule has 0 bridgehead atoms. The summed E-state index contributed by atoms with van der Waals surface area (Å²) in [7, 11) is 0. The van der Waals surface area contributed by atoms with Gasteiger partial charge >= 0.3 is 0 Å². The number of nitrogens with one attached hydrogen (secondary N) is 1. The standard InChI is InChI=1S/C11H22N2/c1-10-4-7-13(8-10)9-11-2-5-12-6-3-11/h10-12H,2-9H2,1H3. The van der Waals surface area contributed by atoms with Gasteiger partial charge in [-0.2, -0.15) is 0 Å². The average Bonchev–Trinajstić information content (AvgIpc) is 2.53. The summed E-state index contributed by atoms with van der Waals surface area (Å²) in [5.41, 5.74) is 0. The van der Waals surface area contributed by atoms with Crippen molar-refractivity contribution < 1.29 is 0 Å². The van der Waals surface area contributed by atoms with Gasteiger partial charge in [0.2, 0.25) is 0 Å². The molecule has 0 aromatic carbocycles. The molecule has 2 heterocycles. The number of piperidine rings is 1. The van der Waals surface area contributed by atoms with Crippen LogP contribution < -0.4 is 5.32 Å². The Morgan fingerprint density at radius 2 is 2.00 bits per heavy atom. The van der Waals surface area contributed by atoms with Crippen molar-refractivity contribution in [2.45, 2.75) is 26.2 Å². The highest BCUT2D eigenvalue weighted by molar-refractivity contribution is 4.77. The van der Waals surface area contributed by atoms with Crippen LogP contribution in [0.15, 0.2) is 0 Å². The first-order valence-corrected chi connectivity index (χ1v) is 5.77. The average molecular weight is 182 g/mol. The fraction of sp³-hybridized carbons (Fsp3) is 1.00. The van der Waals surface area contributed by atoms with Gasteiger partial charge < -0.3 is 10.2 Å². The molecule has 0 aromatic rings. The quantitative estimate of drug-likeness (QED) is 0.693. The molecule has 2 aliphatic heterocycles. The molecule has 0 radical (unpaired) electrons. The molecule has 0 spiro atoms. The Morgan fingerprint density at radius 1 is 1.23 bits per heavy atom. The molecule has 0 saturated carbocycles. The third-order valence-corrected chi connectivity index (χ3v) is 3.48. The molecular weight excluding hydrogens is 160 g/mol. The van der Waals surface area contributed by atoms with Crippen LogP contribution in [0.4, 0.5) is 0 Å². The molecule has 2 heteroatoms. The SMILES string of the molecule is CC1CCN(CC2CCNCC2)C1. The molecule has 76 valence electrons. The first-order chi connectivity index (χ1) is 6.34. The fourth-order valence-electron chi connectivity index (χ4n) is 2.62. The van der Waals surface area contributed by atoms with E-state index in [4.69, 9.17) is 0 Å². The minimum absolute atomic E-state index is 0.946. The second kappa shape index (κ2) is 4.43. The summed E-state index contributed by atoms with van der Waals surface area (Å²) < 4.78 is 0. The van der Waals surface area contributed by atoms with E-state index in [1.54, 1.807) is 0 Å². The van der Waals surface area contributed by atoms with Gasteiger partial charge in [0.25, 0.3) is 0 Å². The maximum absolute atomic E-state index is 3.43. The summed E-state index contributed by atoms with van der Waals surface area (Å²) in [4.78, 5) is 2.67. The van der Waals surface area contributed by atoms with Crippen LogP contribution in [0.3, 0.4) is 0 Å². The summed E-state index contributed by atoms with van der Waals surface area (Å²) in [6, 6.07) is 0. The van der Waals surface area contributed by atoms with Crippen molar-refractivity contribution in [3.8, 4) is 0 Å². The highest BCUT2D eigenvalue weighted by Gasteiger charge is 2.22. The van der Waals surface area contributed by atoms with Gasteiger partial charge in [-0.15, -0.1) is 0 Å². The maximum atomic E-state index is 3.43. The topological polar surface area (TPSA) is 15.3 Å². The lowest BCUT2D eigenvalue weighted by Gasteiger charge is -2.27. The summed E-state index contributed by atoms with van der Waals surface area (Å²) >= 11 is 0. The van der Waals surface area contributed by atoms with E-state index in [1.807, 2.05) is 0 Å². The Labute approximate surface area is 81.7 Å². The van der Waals surface area contributed by atoms with Gasteiger partial charge in [0, 0.05) is 13.1 Å². The monoisotopic (exact) mass is 182 g/mol. The van der Waals surface area contributed by atoms with Crippen LogP contribution in [0.2, 0.25) is 0 Å². The molecule has 1 atom stereocenters. The molecule has 0 aliphatic carbocycles. The van der Waals surface area contributed by atoms with Gasteiger partial charge in [-0.05, 0) is 50.7 Å². The van der Waals surface area contributed by atoms with E-state index >= 15 is 0 Å². The van der Waals surface area contributed by atoms with Crippen LogP contribution in [0.25, 0.3) is 0 Å². The summed E-state index contributed by atoms with van der Waals surface area (Å²) in [6.07, 6.45) is 4.21. The molecule has 13 heavy (non-hydrogen) atoms. The van der Waals surface area contributed by atoms with Crippen molar-refractivity contribution in [3.63, 3.8) is 0 Å². The number of likely N-dealkylation sites (tertiary alicyclic amines) is 1. The third-order valence-electron chi connectivity index (χ3n) is 3.48. The van der Waals surface area contributed by atoms with Crippen LogP contribution in [-0.4, -0.2) is 37.6 Å². The Bertz CT molecular complexity index is 149. The van der Waals surface area contributed by atoms with Gasteiger partial charge in [0.15, 0.2) is 0 Å². The molecule has 0 aromatic heterocycles. The minimum Gasteiger partial charge on any atom is -0.317 e. The largest absolute Gasteiger partial charge is 0.317 e. The Hall–Kier alpha value is -0.0800. The van der Waals surface area contributed by atoms with Crippen LogP contribution in [-0.2, 0) is 0 Å². The van der Waals surface area contributed by atoms with Crippen molar-refractivity contribution in [1.82, 2.24) is 10.2 Å². The Kier molecular flexibility index (Phi) is 3.23. The zero-order valence-corrected chi connectivity index (χ0v) is 8.76. The normalized spacial score (nSPS) is 32.5. The predicted octanol–water partition coefficient (Wildman–Crippen LogP) is 1.33. The molecule has 2 fully saturated rings. The molecule has 2 aliphatic rings.